The Morgan fingerprint density at radius 2 is 2.00 bits per heavy atom. The van der Waals surface area contributed by atoms with E-state index in [2.05, 4.69) is 44.8 Å². The van der Waals surface area contributed by atoms with Crippen molar-refractivity contribution in [1.29, 1.82) is 0 Å². The van der Waals surface area contributed by atoms with Crippen LogP contribution in [0.25, 0.3) is 5.69 Å². The highest BCUT2D eigenvalue weighted by atomic mass is 127. The van der Waals surface area contributed by atoms with Crippen molar-refractivity contribution in [2.24, 2.45) is 0 Å². The van der Waals surface area contributed by atoms with Gasteiger partial charge in [0.05, 0.1) is 17.6 Å². The van der Waals surface area contributed by atoms with E-state index in [1.807, 2.05) is 30.9 Å². The van der Waals surface area contributed by atoms with Crippen LogP contribution in [0.1, 0.15) is 11.4 Å². The van der Waals surface area contributed by atoms with E-state index >= 15 is 0 Å². The summed E-state index contributed by atoms with van der Waals surface area (Å²) >= 11 is 2.25. The van der Waals surface area contributed by atoms with Crippen LogP contribution < -0.4 is 0 Å². The van der Waals surface area contributed by atoms with Gasteiger partial charge >= 0.3 is 0 Å². The lowest BCUT2D eigenvalue weighted by Crippen LogP contribution is -1.99. The molecule has 0 fully saturated rings. The van der Waals surface area contributed by atoms with Crippen molar-refractivity contribution in [3.63, 3.8) is 0 Å². The van der Waals surface area contributed by atoms with E-state index in [1.54, 1.807) is 0 Å². The maximum absolute atomic E-state index is 4.39. The first-order valence-electron chi connectivity index (χ1n) is 4.31. The van der Waals surface area contributed by atoms with Crippen LogP contribution in [0.4, 0.5) is 0 Å². The van der Waals surface area contributed by atoms with Crippen molar-refractivity contribution in [1.82, 2.24) is 14.8 Å². The highest BCUT2D eigenvalue weighted by Crippen LogP contribution is 2.13. The van der Waals surface area contributed by atoms with Gasteiger partial charge in [-0.15, -0.1) is 0 Å². The minimum Gasteiger partial charge on any atom is -0.261 e. The molecule has 3 nitrogen and oxygen atoms in total. The molecule has 0 aliphatic rings. The molecule has 2 aromatic rings. The summed E-state index contributed by atoms with van der Waals surface area (Å²) in [5, 5.41) is 4.39. The Kier molecular flexibility index (Phi) is 2.54. The molecule has 0 amide bonds. The highest BCUT2D eigenvalue weighted by molar-refractivity contribution is 14.1. The summed E-state index contributed by atoms with van der Waals surface area (Å²) in [4.78, 5) is 4.14. The van der Waals surface area contributed by atoms with E-state index in [0.717, 1.165) is 20.6 Å². The van der Waals surface area contributed by atoms with E-state index in [1.165, 1.54) is 0 Å². The number of aromatic nitrogens is 3. The topological polar surface area (TPSA) is 30.7 Å². The summed E-state index contributed by atoms with van der Waals surface area (Å²) < 4.78 is 3.03. The van der Waals surface area contributed by atoms with Gasteiger partial charge in [-0.1, -0.05) is 0 Å². The molecule has 4 heteroatoms. The molecule has 14 heavy (non-hydrogen) atoms. The first-order chi connectivity index (χ1) is 6.66. The summed E-state index contributed by atoms with van der Waals surface area (Å²) in [6.45, 7) is 4.03. The zero-order valence-corrected chi connectivity index (χ0v) is 10.2. The van der Waals surface area contributed by atoms with Crippen LogP contribution in [0, 0.1) is 17.4 Å². The van der Waals surface area contributed by atoms with Gasteiger partial charge in [-0.05, 0) is 48.6 Å². The van der Waals surface area contributed by atoms with Gasteiger partial charge in [0.25, 0.3) is 0 Å². The van der Waals surface area contributed by atoms with Gasteiger partial charge in [-0.2, -0.15) is 5.10 Å². The van der Waals surface area contributed by atoms with Gasteiger partial charge in [0, 0.05) is 15.5 Å². The molecular formula is C10H10IN3. The lowest BCUT2D eigenvalue weighted by atomic mass is 10.4. The summed E-state index contributed by atoms with van der Waals surface area (Å²) in [6, 6.07) is 4.12. The van der Waals surface area contributed by atoms with Crippen LogP contribution >= 0.6 is 22.6 Å². The number of hydrogen-bond acceptors (Lipinski definition) is 2. The fourth-order valence-corrected chi connectivity index (χ4v) is 1.89. The second kappa shape index (κ2) is 3.68. The van der Waals surface area contributed by atoms with Crippen molar-refractivity contribution in [2.45, 2.75) is 13.8 Å². The number of nitrogens with zero attached hydrogens (tertiary/aromatic N) is 3. The molecule has 0 atom stereocenters. The SMILES string of the molecule is Cc1cc(C)n(-c2cncc(I)c2)n1. The molecule has 0 N–H and O–H groups in total. The Morgan fingerprint density at radius 1 is 1.21 bits per heavy atom. The Balaban J connectivity index is 2.54. The van der Waals surface area contributed by atoms with Crippen LogP contribution in [0.3, 0.4) is 0 Å². The highest BCUT2D eigenvalue weighted by Gasteiger charge is 2.03. The molecule has 0 aromatic carbocycles. The predicted octanol–water partition coefficient (Wildman–Crippen LogP) is 2.49. The van der Waals surface area contributed by atoms with E-state index < -0.39 is 0 Å². The van der Waals surface area contributed by atoms with Gasteiger partial charge in [-0.25, -0.2) is 4.68 Å². The lowest BCUT2D eigenvalue weighted by Gasteiger charge is -2.03. The van der Waals surface area contributed by atoms with Gasteiger partial charge in [0.1, 0.15) is 0 Å². The molecule has 0 aliphatic heterocycles. The number of rotatable bonds is 1. The summed E-state index contributed by atoms with van der Waals surface area (Å²) in [5.74, 6) is 0. The van der Waals surface area contributed by atoms with Crippen LogP contribution in [0.5, 0.6) is 0 Å². The normalized spacial score (nSPS) is 10.5. The minimum absolute atomic E-state index is 1.02. The minimum atomic E-state index is 1.02. The van der Waals surface area contributed by atoms with Crippen molar-refractivity contribution in [3.05, 3.63) is 39.5 Å². The van der Waals surface area contributed by atoms with Crippen LogP contribution in [-0.4, -0.2) is 14.8 Å². The van der Waals surface area contributed by atoms with Crippen LogP contribution in [0.15, 0.2) is 24.5 Å². The largest absolute Gasteiger partial charge is 0.261 e. The molecule has 72 valence electrons. The molecule has 2 aromatic heterocycles. The maximum Gasteiger partial charge on any atom is 0.0842 e. The molecule has 0 bridgehead atoms. The second-order valence-corrected chi connectivity index (χ2v) is 4.45. The molecule has 0 unspecified atom stereocenters. The summed E-state index contributed by atoms with van der Waals surface area (Å²) in [5.41, 5.74) is 3.18. The van der Waals surface area contributed by atoms with E-state index in [0.29, 0.717) is 0 Å². The predicted molar refractivity (Wildman–Crippen MR) is 63.6 cm³/mol. The second-order valence-electron chi connectivity index (χ2n) is 3.20. The van der Waals surface area contributed by atoms with Gasteiger partial charge < -0.3 is 0 Å². The Morgan fingerprint density at radius 3 is 2.57 bits per heavy atom. The van der Waals surface area contributed by atoms with Crippen molar-refractivity contribution in [2.75, 3.05) is 0 Å². The average Bonchev–Trinajstić information content (AvgIpc) is 2.45. The van der Waals surface area contributed by atoms with Gasteiger partial charge in [-0.3, -0.25) is 4.98 Å². The first-order valence-corrected chi connectivity index (χ1v) is 5.39. The number of halogens is 1. The lowest BCUT2D eigenvalue weighted by molar-refractivity contribution is 0.827. The summed E-state index contributed by atoms with van der Waals surface area (Å²) in [7, 11) is 0. The zero-order valence-electron chi connectivity index (χ0n) is 8.03. The van der Waals surface area contributed by atoms with Crippen LogP contribution in [-0.2, 0) is 0 Å². The number of hydrogen-bond donors (Lipinski definition) is 0. The number of aryl methyl sites for hydroxylation is 2. The molecule has 0 aliphatic carbocycles. The van der Waals surface area contributed by atoms with Crippen LogP contribution in [0.2, 0.25) is 0 Å². The van der Waals surface area contributed by atoms with Crippen molar-refractivity contribution < 1.29 is 0 Å². The molecule has 2 heterocycles. The Hall–Kier alpha value is -0.910. The Bertz CT molecular complexity index is 462. The quantitative estimate of drug-likeness (QED) is 0.757. The molecular weight excluding hydrogens is 289 g/mol. The zero-order chi connectivity index (χ0) is 10.1. The third-order valence-corrected chi connectivity index (χ3v) is 2.53. The molecule has 0 radical (unpaired) electrons. The molecule has 0 saturated heterocycles. The van der Waals surface area contributed by atoms with Gasteiger partial charge in [0.2, 0.25) is 0 Å². The fraction of sp³-hybridized carbons (Fsp3) is 0.200. The van der Waals surface area contributed by atoms with E-state index in [4.69, 9.17) is 0 Å². The van der Waals surface area contributed by atoms with Gasteiger partial charge in [0.15, 0.2) is 0 Å². The fourth-order valence-electron chi connectivity index (χ4n) is 1.41. The maximum atomic E-state index is 4.39. The van der Waals surface area contributed by atoms with Crippen molar-refractivity contribution >= 4 is 22.6 Å². The smallest absolute Gasteiger partial charge is 0.0842 e. The van der Waals surface area contributed by atoms with Crippen molar-refractivity contribution in [3.8, 4) is 5.69 Å². The Labute approximate surface area is 96.3 Å². The van der Waals surface area contributed by atoms with E-state index in [-0.39, 0.29) is 0 Å². The molecule has 0 spiro atoms. The standard InChI is InChI=1S/C10H10IN3/c1-7-3-8(2)14(13-7)10-4-9(11)5-12-6-10/h3-6H,1-2H3. The summed E-state index contributed by atoms with van der Waals surface area (Å²) in [6.07, 6.45) is 3.65. The average molecular weight is 299 g/mol. The monoisotopic (exact) mass is 299 g/mol. The third-order valence-electron chi connectivity index (χ3n) is 1.94. The third kappa shape index (κ3) is 1.79. The van der Waals surface area contributed by atoms with E-state index in [9.17, 15) is 0 Å². The molecule has 2 rings (SSSR count). The first kappa shape index (κ1) is 9.64. The molecule has 0 saturated carbocycles. The number of pyridine rings is 1.